The number of nitrogens with zero attached hydrogens (tertiary/aromatic N) is 2. The van der Waals surface area contributed by atoms with Crippen LogP contribution in [0.2, 0.25) is 0 Å². The summed E-state index contributed by atoms with van der Waals surface area (Å²) in [5.74, 6) is -0.197. The van der Waals surface area contributed by atoms with Gasteiger partial charge in [0.25, 0.3) is 5.91 Å². The molecule has 1 amide bonds. The number of hydrogen-bond donors (Lipinski definition) is 1. The van der Waals surface area contributed by atoms with Crippen molar-refractivity contribution in [3.05, 3.63) is 59.9 Å². The summed E-state index contributed by atoms with van der Waals surface area (Å²) in [7, 11) is -1.85. The van der Waals surface area contributed by atoms with Gasteiger partial charge in [0.05, 0.1) is 4.90 Å². The minimum Gasteiger partial charge on any atom is -0.341 e. The van der Waals surface area contributed by atoms with E-state index in [4.69, 9.17) is 0 Å². The van der Waals surface area contributed by atoms with E-state index < -0.39 is 10.0 Å². The summed E-state index contributed by atoms with van der Waals surface area (Å²) in [5.41, 5.74) is 1.47. The lowest BCUT2D eigenvalue weighted by Gasteiger charge is -2.17. The zero-order valence-electron chi connectivity index (χ0n) is 14.1. The van der Waals surface area contributed by atoms with Crippen molar-refractivity contribution in [1.82, 2.24) is 14.6 Å². The van der Waals surface area contributed by atoms with Gasteiger partial charge in [-0.3, -0.25) is 9.78 Å². The van der Waals surface area contributed by atoms with Crippen LogP contribution in [0.25, 0.3) is 0 Å². The Morgan fingerprint density at radius 3 is 2.64 bits per heavy atom. The highest BCUT2D eigenvalue weighted by molar-refractivity contribution is 7.89. The lowest BCUT2D eigenvalue weighted by atomic mass is 10.1. The van der Waals surface area contributed by atoms with Crippen molar-refractivity contribution in [2.45, 2.75) is 30.2 Å². The van der Waals surface area contributed by atoms with Crippen molar-refractivity contribution in [2.75, 3.05) is 13.6 Å². The van der Waals surface area contributed by atoms with Gasteiger partial charge in [-0.1, -0.05) is 6.07 Å². The average molecular weight is 359 g/mol. The Bertz CT molecular complexity index is 849. The summed E-state index contributed by atoms with van der Waals surface area (Å²) < 4.78 is 27.2. The number of aromatic nitrogens is 1. The number of pyridine rings is 1. The van der Waals surface area contributed by atoms with Crippen LogP contribution >= 0.6 is 0 Å². The molecule has 1 heterocycles. The fourth-order valence-corrected chi connectivity index (χ4v) is 3.80. The summed E-state index contributed by atoms with van der Waals surface area (Å²) in [6.07, 6.45) is 5.90. The van der Waals surface area contributed by atoms with E-state index in [-0.39, 0.29) is 16.8 Å². The van der Waals surface area contributed by atoms with Crippen LogP contribution < -0.4 is 4.72 Å². The van der Waals surface area contributed by atoms with E-state index in [1.165, 1.54) is 12.1 Å². The SMILES string of the molecule is CN(CCc1ccncc1)C(=O)c1cccc(S(=O)(=O)NC2CC2)c1. The first kappa shape index (κ1) is 17.6. The molecule has 2 aromatic rings. The quantitative estimate of drug-likeness (QED) is 0.818. The second-order valence-corrected chi connectivity index (χ2v) is 7.97. The van der Waals surface area contributed by atoms with E-state index in [1.54, 1.807) is 36.5 Å². The molecule has 3 rings (SSSR count). The summed E-state index contributed by atoms with van der Waals surface area (Å²) in [5, 5.41) is 0. The molecule has 0 atom stereocenters. The monoisotopic (exact) mass is 359 g/mol. The first-order valence-corrected chi connectivity index (χ1v) is 9.71. The number of amides is 1. The third kappa shape index (κ3) is 4.64. The molecule has 132 valence electrons. The zero-order valence-corrected chi connectivity index (χ0v) is 14.9. The smallest absolute Gasteiger partial charge is 0.253 e. The van der Waals surface area contributed by atoms with E-state index in [9.17, 15) is 13.2 Å². The third-order valence-electron chi connectivity index (χ3n) is 4.12. The number of nitrogens with one attached hydrogen (secondary N) is 1. The molecule has 7 heteroatoms. The van der Waals surface area contributed by atoms with E-state index in [0.29, 0.717) is 18.5 Å². The van der Waals surface area contributed by atoms with Crippen LogP contribution in [-0.4, -0.2) is 43.8 Å². The first-order valence-electron chi connectivity index (χ1n) is 8.22. The van der Waals surface area contributed by atoms with E-state index in [1.807, 2.05) is 12.1 Å². The number of carbonyl (C=O) groups is 1. The highest BCUT2D eigenvalue weighted by atomic mass is 32.2. The number of likely N-dealkylation sites (N-methyl/N-ethyl adjacent to an activating group) is 1. The van der Waals surface area contributed by atoms with Gasteiger partial charge in [0.2, 0.25) is 10.0 Å². The Morgan fingerprint density at radius 1 is 1.24 bits per heavy atom. The van der Waals surface area contributed by atoms with Crippen LogP contribution in [0.15, 0.2) is 53.7 Å². The average Bonchev–Trinajstić information content (AvgIpc) is 3.43. The zero-order chi connectivity index (χ0) is 17.9. The van der Waals surface area contributed by atoms with Gasteiger partial charge in [0.15, 0.2) is 0 Å². The first-order chi connectivity index (χ1) is 12.0. The molecule has 0 bridgehead atoms. The Kier molecular flexibility index (Phi) is 5.15. The molecule has 0 radical (unpaired) electrons. The second-order valence-electron chi connectivity index (χ2n) is 6.26. The molecule has 1 aromatic heterocycles. The normalized spacial score (nSPS) is 14.3. The molecule has 25 heavy (non-hydrogen) atoms. The lowest BCUT2D eigenvalue weighted by molar-refractivity contribution is 0.0796. The van der Waals surface area contributed by atoms with Crippen LogP contribution in [0.4, 0.5) is 0 Å². The van der Waals surface area contributed by atoms with E-state index in [2.05, 4.69) is 9.71 Å². The summed E-state index contributed by atoms with van der Waals surface area (Å²) >= 11 is 0. The Morgan fingerprint density at radius 2 is 1.96 bits per heavy atom. The fourth-order valence-electron chi connectivity index (χ4n) is 2.45. The summed E-state index contributed by atoms with van der Waals surface area (Å²) in [6.45, 7) is 0.542. The molecule has 0 saturated heterocycles. The molecule has 0 unspecified atom stereocenters. The van der Waals surface area contributed by atoms with Crippen LogP contribution in [-0.2, 0) is 16.4 Å². The molecule has 1 saturated carbocycles. The summed E-state index contributed by atoms with van der Waals surface area (Å²) in [4.78, 5) is 18.3. The number of sulfonamides is 1. The Balaban J connectivity index is 1.68. The molecule has 1 aliphatic rings. The predicted molar refractivity (Wildman–Crippen MR) is 94.7 cm³/mol. The van der Waals surface area contributed by atoms with Crippen LogP contribution in [0.1, 0.15) is 28.8 Å². The number of rotatable bonds is 7. The summed E-state index contributed by atoms with van der Waals surface area (Å²) in [6, 6.07) is 10.1. The maximum absolute atomic E-state index is 12.6. The highest BCUT2D eigenvalue weighted by Crippen LogP contribution is 2.22. The Hall–Kier alpha value is -2.25. The highest BCUT2D eigenvalue weighted by Gasteiger charge is 2.28. The minimum atomic E-state index is -3.56. The number of carbonyl (C=O) groups excluding carboxylic acids is 1. The van der Waals surface area contributed by atoms with Crippen molar-refractivity contribution in [3.63, 3.8) is 0 Å². The molecule has 1 aliphatic carbocycles. The van der Waals surface area contributed by atoms with Crippen LogP contribution in [0, 0.1) is 0 Å². The van der Waals surface area contributed by atoms with Crippen molar-refractivity contribution >= 4 is 15.9 Å². The maximum Gasteiger partial charge on any atom is 0.253 e. The largest absolute Gasteiger partial charge is 0.341 e. The second kappa shape index (κ2) is 7.33. The van der Waals surface area contributed by atoms with Crippen molar-refractivity contribution < 1.29 is 13.2 Å². The van der Waals surface area contributed by atoms with Gasteiger partial charge >= 0.3 is 0 Å². The molecular formula is C18H21N3O3S. The van der Waals surface area contributed by atoms with Gasteiger partial charge in [0.1, 0.15) is 0 Å². The van der Waals surface area contributed by atoms with Gasteiger partial charge in [-0.15, -0.1) is 0 Å². The fraction of sp³-hybridized carbons (Fsp3) is 0.333. The van der Waals surface area contributed by atoms with Crippen LogP contribution in [0.5, 0.6) is 0 Å². The van der Waals surface area contributed by atoms with Gasteiger partial charge in [-0.2, -0.15) is 0 Å². The topological polar surface area (TPSA) is 79.4 Å². The van der Waals surface area contributed by atoms with Crippen molar-refractivity contribution in [2.24, 2.45) is 0 Å². The molecular weight excluding hydrogens is 338 g/mol. The van der Waals surface area contributed by atoms with Gasteiger partial charge in [0, 0.05) is 37.6 Å². The molecule has 0 spiro atoms. The standard InChI is InChI=1S/C18H21N3O3S/c1-21(12-9-14-7-10-19-11-8-14)18(22)15-3-2-4-17(13-15)25(23,24)20-16-5-6-16/h2-4,7-8,10-11,13,16,20H,5-6,9,12H2,1H3. The van der Waals surface area contributed by atoms with Gasteiger partial charge < -0.3 is 4.90 Å². The lowest BCUT2D eigenvalue weighted by Crippen LogP contribution is -2.29. The Labute approximate surface area is 147 Å². The van der Waals surface area contributed by atoms with E-state index in [0.717, 1.165) is 18.4 Å². The third-order valence-corrected chi connectivity index (χ3v) is 5.64. The molecule has 1 fully saturated rings. The van der Waals surface area contributed by atoms with Crippen LogP contribution in [0.3, 0.4) is 0 Å². The van der Waals surface area contributed by atoms with Gasteiger partial charge in [-0.05, 0) is 55.2 Å². The predicted octanol–water partition coefficient (Wildman–Crippen LogP) is 1.84. The molecule has 1 aromatic carbocycles. The molecule has 0 aliphatic heterocycles. The van der Waals surface area contributed by atoms with E-state index >= 15 is 0 Å². The molecule has 6 nitrogen and oxygen atoms in total. The number of hydrogen-bond acceptors (Lipinski definition) is 4. The van der Waals surface area contributed by atoms with Crippen molar-refractivity contribution in [3.8, 4) is 0 Å². The minimum absolute atomic E-state index is 0.0346. The number of benzene rings is 1. The molecule has 1 N–H and O–H groups in total. The van der Waals surface area contributed by atoms with Gasteiger partial charge in [-0.25, -0.2) is 13.1 Å². The maximum atomic E-state index is 12.6. The van der Waals surface area contributed by atoms with Crippen molar-refractivity contribution in [1.29, 1.82) is 0 Å².